The van der Waals surface area contributed by atoms with E-state index in [1.165, 1.54) is 22.4 Å². The summed E-state index contributed by atoms with van der Waals surface area (Å²) in [5.74, 6) is 0. The molecule has 31 heavy (non-hydrogen) atoms. The van der Waals surface area contributed by atoms with Crippen LogP contribution in [0.3, 0.4) is 0 Å². The largest absolute Gasteiger partial charge is 0.371 e. The first-order valence-electron chi connectivity index (χ1n) is 11.1. The molecule has 0 unspecified atom stereocenters. The van der Waals surface area contributed by atoms with E-state index >= 15 is 0 Å². The second-order valence-corrected chi connectivity index (χ2v) is 8.67. The molecule has 0 spiro atoms. The van der Waals surface area contributed by atoms with Gasteiger partial charge in [-0.3, -0.25) is 15.0 Å². The first-order chi connectivity index (χ1) is 15.2. The number of hydrogen-bond donors (Lipinski definition) is 1. The van der Waals surface area contributed by atoms with Gasteiger partial charge in [-0.2, -0.15) is 0 Å². The van der Waals surface area contributed by atoms with E-state index in [9.17, 15) is 0 Å². The quantitative estimate of drug-likeness (QED) is 0.701. The fourth-order valence-electron chi connectivity index (χ4n) is 4.77. The maximum Gasteiger partial charge on any atom is 0.0848 e. The molecule has 6 rings (SSSR count). The maximum atomic E-state index is 6.07. The Morgan fingerprint density at radius 3 is 2.35 bits per heavy atom. The number of rotatable bonds is 3. The van der Waals surface area contributed by atoms with Gasteiger partial charge in [0.05, 0.1) is 28.5 Å². The molecule has 0 atom stereocenters. The summed E-state index contributed by atoms with van der Waals surface area (Å²) in [6, 6.07) is 19.5. The van der Waals surface area contributed by atoms with Crippen molar-refractivity contribution in [1.29, 1.82) is 0 Å². The molecule has 2 N–H and O–H groups in total. The minimum absolute atomic E-state index is 0.350. The van der Waals surface area contributed by atoms with Crippen LogP contribution in [-0.2, 0) is 12.8 Å². The molecule has 0 aliphatic carbocycles. The third-order valence-corrected chi connectivity index (χ3v) is 6.57. The highest BCUT2D eigenvalue weighted by molar-refractivity contribution is 6.09. The smallest absolute Gasteiger partial charge is 0.0848 e. The van der Waals surface area contributed by atoms with Gasteiger partial charge in [0.25, 0.3) is 0 Å². The SMILES string of the molecule is NC1CCN(c2ccc3c(c2)CC(c2ccc4c(c2)CC(c2ccccn2)=N4)=N3)CC1. The van der Waals surface area contributed by atoms with Crippen molar-refractivity contribution >= 4 is 28.5 Å². The minimum atomic E-state index is 0.350. The number of fused-ring (bicyclic) bond motifs is 2. The normalized spacial score (nSPS) is 17.9. The van der Waals surface area contributed by atoms with Gasteiger partial charge in [0.15, 0.2) is 0 Å². The number of anilines is 1. The van der Waals surface area contributed by atoms with Gasteiger partial charge in [-0.15, -0.1) is 0 Å². The zero-order valence-corrected chi connectivity index (χ0v) is 17.5. The standard InChI is InChI=1S/C26H25N5/c27-20-8-11-31(12-9-20)21-5-7-23-19(14-21)15-25(29-23)17-4-6-22-18(13-17)16-26(30-22)24-3-1-2-10-28-24/h1-7,10,13-14,20H,8-9,11-12,15-16,27H2. The summed E-state index contributed by atoms with van der Waals surface area (Å²) in [4.78, 5) is 16.7. The van der Waals surface area contributed by atoms with E-state index in [2.05, 4.69) is 46.3 Å². The maximum absolute atomic E-state index is 6.07. The molecule has 154 valence electrons. The van der Waals surface area contributed by atoms with Crippen LogP contribution in [-0.4, -0.2) is 35.5 Å². The molecule has 0 saturated carbocycles. The lowest BCUT2D eigenvalue weighted by molar-refractivity contribution is 0.501. The fourth-order valence-corrected chi connectivity index (χ4v) is 4.77. The summed E-state index contributed by atoms with van der Waals surface area (Å²) in [6.45, 7) is 2.08. The monoisotopic (exact) mass is 407 g/mol. The topological polar surface area (TPSA) is 66.9 Å². The van der Waals surface area contributed by atoms with Gasteiger partial charge >= 0.3 is 0 Å². The van der Waals surface area contributed by atoms with Crippen molar-refractivity contribution in [2.75, 3.05) is 18.0 Å². The second kappa shape index (κ2) is 7.43. The van der Waals surface area contributed by atoms with E-state index in [-0.39, 0.29) is 0 Å². The highest BCUT2D eigenvalue weighted by Crippen LogP contribution is 2.35. The fraction of sp³-hybridized carbons (Fsp3) is 0.269. The summed E-state index contributed by atoms with van der Waals surface area (Å²) in [5, 5.41) is 0. The van der Waals surface area contributed by atoms with Gasteiger partial charge in [0.2, 0.25) is 0 Å². The number of nitrogens with zero attached hydrogens (tertiary/aromatic N) is 4. The van der Waals surface area contributed by atoms with Crippen molar-refractivity contribution in [1.82, 2.24) is 4.98 Å². The number of nitrogens with two attached hydrogens (primary N) is 1. The molecular formula is C26H25N5. The Hall–Kier alpha value is -3.31. The molecule has 3 aromatic rings. The predicted octanol–water partition coefficient (Wildman–Crippen LogP) is 4.36. The van der Waals surface area contributed by atoms with Gasteiger partial charge < -0.3 is 10.6 Å². The van der Waals surface area contributed by atoms with Crippen LogP contribution in [0.25, 0.3) is 0 Å². The van der Waals surface area contributed by atoms with E-state index in [0.29, 0.717) is 6.04 Å². The molecule has 2 aromatic carbocycles. The van der Waals surface area contributed by atoms with Crippen LogP contribution in [0.2, 0.25) is 0 Å². The van der Waals surface area contributed by atoms with Crippen molar-refractivity contribution in [3.8, 4) is 0 Å². The number of pyridine rings is 1. The summed E-state index contributed by atoms with van der Waals surface area (Å²) >= 11 is 0. The molecule has 1 fully saturated rings. The van der Waals surface area contributed by atoms with E-state index in [1.54, 1.807) is 0 Å². The molecule has 4 heterocycles. The van der Waals surface area contributed by atoms with Crippen LogP contribution in [0.15, 0.2) is 70.8 Å². The molecule has 1 saturated heterocycles. The van der Waals surface area contributed by atoms with Crippen molar-refractivity contribution in [2.24, 2.45) is 15.7 Å². The van der Waals surface area contributed by atoms with Crippen molar-refractivity contribution in [2.45, 2.75) is 31.7 Å². The first-order valence-corrected chi connectivity index (χ1v) is 11.1. The molecule has 0 radical (unpaired) electrons. The number of benzene rings is 2. The molecule has 3 aliphatic rings. The molecule has 3 aliphatic heterocycles. The molecule has 0 bridgehead atoms. The van der Waals surface area contributed by atoms with E-state index in [1.807, 2.05) is 24.4 Å². The summed E-state index contributed by atoms with van der Waals surface area (Å²) in [5.41, 5.74) is 16.4. The molecule has 0 amide bonds. The average molecular weight is 408 g/mol. The lowest BCUT2D eigenvalue weighted by atomic mass is 9.99. The zero-order valence-electron chi connectivity index (χ0n) is 17.5. The van der Waals surface area contributed by atoms with Crippen LogP contribution in [0, 0.1) is 0 Å². The van der Waals surface area contributed by atoms with Gasteiger partial charge in [-0.1, -0.05) is 12.1 Å². The van der Waals surface area contributed by atoms with Crippen LogP contribution < -0.4 is 10.6 Å². The van der Waals surface area contributed by atoms with Crippen molar-refractivity contribution < 1.29 is 0 Å². The number of piperidine rings is 1. The third kappa shape index (κ3) is 3.45. The lowest BCUT2D eigenvalue weighted by Gasteiger charge is -2.32. The number of aliphatic imine (C=N–C) groups is 2. The molecule has 5 nitrogen and oxygen atoms in total. The summed E-state index contributed by atoms with van der Waals surface area (Å²) < 4.78 is 0. The van der Waals surface area contributed by atoms with Gasteiger partial charge in [-0.25, -0.2) is 0 Å². The lowest BCUT2D eigenvalue weighted by Crippen LogP contribution is -2.39. The Kier molecular flexibility index (Phi) is 4.42. The zero-order chi connectivity index (χ0) is 20.8. The Morgan fingerprint density at radius 1 is 0.806 bits per heavy atom. The molecule has 1 aromatic heterocycles. The van der Waals surface area contributed by atoms with E-state index in [0.717, 1.165) is 67.3 Å². The Bertz CT molecular complexity index is 1200. The predicted molar refractivity (Wildman–Crippen MR) is 126 cm³/mol. The van der Waals surface area contributed by atoms with Crippen LogP contribution >= 0.6 is 0 Å². The van der Waals surface area contributed by atoms with Crippen LogP contribution in [0.5, 0.6) is 0 Å². The van der Waals surface area contributed by atoms with Gasteiger partial charge in [0, 0.05) is 43.9 Å². The van der Waals surface area contributed by atoms with Crippen molar-refractivity contribution in [3.05, 3.63) is 83.2 Å². The highest BCUT2D eigenvalue weighted by Gasteiger charge is 2.22. The van der Waals surface area contributed by atoms with Gasteiger partial charge in [0.1, 0.15) is 0 Å². The van der Waals surface area contributed by atoms with Gasteiger partial charge in [-0.05, 0) is 72.0 Å². The number of hydrogen-bond acceptors (Lipinski definition) is 5. The number of aromatic nitrogens is 1. The Morgan fingerprint density at radius 2 is 1.55 bits per heavy atom. The molecular weight excluding hydrogens is 382 g/mol. The average Bonchev–Trinajstić information content (AvgIpc) is 3.43. The Balaban J connectivity index is 1.21. The summed E-state index contributed by atoms with van der Waals surface area (Å²) in [7, 11) is 0. The minimum Gasteiger partial charge on any atom is -0.371 e. The van der Waals surface area contributed by atoms with Crippen LogP contribution in [0.4, 0.5) is 17.1 Å². The first kappa shape index (κ1) is 18.5. The summed E-state index contributed by atoms with van der Waals surface area (Å²) in [6.07, 6.45) is 5.65. The van der Waals surface area contributed by atoms with E-state index < -0.39 is 0 Å². The van der Waals surface area contributed by atoms with Crippen molar-refractivity contribution in [3.63, 3.8) is 0 Å². The van der Waals surface area contributed by atoms with Crippen LogP contribution in [0.1, 0.15) is 35.2 Å². The second-order valence-electron chi connectivity index (χ2n) is 8.67. The molecule has 5 heteroatoms. The van der Waals surface area contributed by atoms with E-state index in [4.69, 9.17) is 15.7 Å². The highest BCUT2D eigenvalue weighted by atomic mass is 15.1. The Labute approximate surface area is 182 Å². The third-order valence-electron chi connectivity index (χ3n) is 6.57.